The smallest absolute Gasteiger partial charge is 0.176 e. The highest BCUT2D eigenvalue weighted by Crippen LogP contribution is 2.13. The lowest BCUT2D eigenvalue weighted by molar-refractivity contribution is 0.00201. The first kappa shape index (κ1) is 13.1. The van der Waals surface area contributed by atoms with Crippen LogP contribution in [0.3, 0.4) is 0 Å². The van der Waals surface area contributed by atoms with Crippen LogP contribution >= 0.6 is 0 Å². The summed E-state index contributed by atoms with van der Waals surface area (Å²) in [6, 6.07) is 7.56. The summed E-state index contributed by atoms with van der Waals surface area (Å²) in [6.07, 6.45) is 0. The third-order valence-corrected chi connectivity index (χ3v) is 3.26. The second-order valence-electron chi connectivity index (χ2n) is 4.55. The maximum Gasteiger partial charge on any atom is 0.176 e. The predicted molar refractivity (Wildman–Crippen MR) is 69.2 cm³/mol. The average Bonchev–Trinajstić information content (AvgIpc) is 2.41. The van der Waals surface area contributed by atoms with Gasteiger partial charge in [-0.2, -0.15) is 0 Å². The van der Waals surface area contributed by atoms with Gasteiger partial charge < -0.3 is 9.47 Å². The summed E-state index contributed by atoms with van der Waals surface area (Å²) in [5.74, 6) is 0.915. The van der Waals surface area contributed by atoms with Crippen LogP contribution in [0, 0.1) is 0 Å². The molecule has 1 unspecified atom stereocenters. The molecule has 0 aliphatic carbocycles. The van der Waals surface area contributed by atoms with Crippen LogP contribution in [0.25, 0.3) is 0 Å². The lowest BCUT2D eigenvalue weighted by atomic mass is 10.1. The zero-order valence-electron chi connectivity index (χ0n) is 10.9. The third-order valence-electron chi connectivity index (χ3n) is 3.26. The van der Waals surface area contributed by atoms with E-state index in [9.17, 15) is 4.79 Å². The number of morpholine rings is 1. The van der Waals surface area contributed by atoms with Gasteiger partial charge in [0, 0.05) is 18.2 Å². The SMILES string of the molecule is COc1ccc(C(=O)CN2CCOCC2C)cc1. The first-order valence-electron chi connectivity index (χ1n) is 6.20. The Hall–Kier alpha value is -1.39. The van der Waals surface area contributed by atoms with E-state index in [1.165, 1.54) is 0 Å². The molecule has 1 aliphatic rings. The molecule has 1 atom stereocenters. The van der Waals surface area contributed by atoms with Crippen molar-refractivity contribution >= 4 is 5.78 Å². The van der Waals surface area contributed by atoms with Crippen molar-refractivity contribution in [3.05, 3.63) is 29.8 Å². The second-order valence-corrected chi connectivity index (χ2v) is 4.55. The van der Waals surface area contributed by atoms with Gasteiger partial charge in [0.2, 0.25) is 0 Å². The van der Waals surface area contributed by atoms with E-state index in [2.05, 4.69) is 11.8 Å². The summed E-state index contributed by atoms with van der Waals surface area (Å²) in [7, 11) is 1.62. The molecule has 2 rings (SSSR count). The normalized spacial score (nSPS) is 20.7. The van der Waals surface area contributed by atoms with Gasteiger partial charge in [0.15, 0.2) is 5.78 Å². The molecule has 1 aromatic rings. The van der Waals surface area contributed by atoms with Gasteiger partial charge in [-0.25, -0.2) is 0 Å². The van der Waals surface area contributed by atoms with E-state index >= 15 is 0 Å². The van der Waals surface area contributed by atoms with Gasteiger partial charge in [0.1, 0.15) is 5.75 Å². The van der Waals surface area contributed by atoms with Crippen LogP contribution < -0.4 is 4.74 Å². The van der Waals surface area contributed by atoms with Gasteiger partial charge in [0.05, 0.1) is 26.9 Å². The zero-order valence-corrected chi connectivity index (χ0v) is 10.9. The molecule has 1 saturated heterocycles. The van der Waals surface area contributed by atoms with Crippen molar-refractivity contribution < 1.29 is 14.3 Å². The van der Waals surface area contributed by atoms with Crippen molar-refractivity contribution in [2.75, 3.05) is 33.4 Å². The molecule has 98 valence electrons. The average molecular weight is 249 g/mol. The highest BCUT2D eigenvalue weighted by Gasteiger charge is 2.21. The highest BCUT2D eigenvalue weighted by atomic mass is 16.5. The number of carbonyl (C=O) groups is 1. The molecule has 1 heterocycles. The molecule has 1 aromatic carbocycles. The standard InChI is InChI=1S/C14H19NO3/c1-11-10-18-8-7-15(11)9-14(16)12-3-5-13(17-2)6-4-12/h3-6,11H,7-10H2,1-2H3. The number of ether oxygens (including phenoxy) is 2. The molecule has 0 N–H and O–H groups in total. The highest BCUT2D eigenvalue weighted by molar-refractivity contribution is 5.97. The maximum atomic E-state index is 12.1. The Morgan fingerprint density at radius 2 is 2.17 bits per heavy atom. The zero-order chi connectivity index (χ0) is 13.0. The fourth-order valence-electron chi connectivity index (χ4n) is 2.05. The topological polar surface area (TPSA) is 38.8 Å². The molecule has 4 nitrogen and oxygen atoms in total. The Labute approximate surface area is 107 Å². The summed E-state index contributed by atoms with van der Waals surface area (Å²) in [6.45, 7) is 4.77. The number of ketones is 1. The number of methoxy groups -OCH3 is 1. The molecule has 0 radical (unpaired) electrons. The summed E-state index contributed by atoms with van der Waals surface area (Å²) < 4.78 is 10.4. The molecule has 0 amide bonds. The Balaban J connectivity index is 1.97. The summed E-state index contributed by atoms with van der Waals surface area (Å²) in [5, 5.41) is 0. The number of hydrogen-bond acceptors (Lipinski definition) is 4. The summed E-state index contributed by atoms with van der Waals surface area (Å²) in [5.41, 5.74) is 0.731. The number of carbonyl (C=O) groups excluding carboxylic acids is 1. The third kappa shape index (κ3) is 3.09. The summed E-state index contributed by atoms with van der Waals surface area (Å²) in [4.78, 5) is 14.3. The minimum atomic E-state index is 0.145. The van der Waals surface area contributed by atoms with Crippen molar-refractivity contribution in [2.45, 2.75) is 13.0 Å². The monoisotopic (exact) mass is 249 g/mol. The van der Waals surface area contributed by atoms with Crippen LogP contribution in [0.15, 0.2) is 24.3 Å². The van der Waals surface area contributed by atoms with Crippen molar-refractivity contribution in [1.82, 2.24) is 4.90 Å². The second kappa shape index (κ2) is 5.98. The lowest BCUT2D eigenvalue weighted by Crippen LogP contribution is -2.45. The first-order chi connectivity index (χ1) is 8.70. The number of hydrogen-bond donors (Lipinski definition) is 0. The molecular formula is C14H19NO3. The minimum Gasteiger partial charge on any atom is -0.497 e. The van der Waals surface area contributed by atoms with Crippen LogP contribution in [-0.2, 0) is 4.74 Å². The van der Waals surface area contributed by atoms with E-state index in [-0.39, 0.29) is 5.78 Å². The van der Waals surface area contributed by atoms with E-state index in [0.717, 1.165) is 17.9 Å². The summed E-state index contributed by atoms with van der Waals surface area (Å²) >= 11 is 0. The van der Waals surface area contributed by atoms with Gasteiger partial charge in [-0.15, -0.1) is 0 Å². The fraction of sp³-hybridized carbons (Fsp3) is 0.500. The molecule has 4 heteroatoms. The number of nitrogens with zero attached hydrogens (tertiary/aromatic N) is 1. The number of Topliss-reactive ketones (excluding diaryl/α,β-unsaturated/α-hetero) is 1. The van der Waals surface area contributed by atoms with Crippen LogP contribution in [0.1, 0.15) is 17.3 Å². The molecule has 18 heavy (non-hydrogen) atoms. The van der Waals surface area contributed by atoms with Crippen molar-refractivity contribution in [3.63, 3.8) is 0 Å². The van der Waals surface area contributed by atoms with Crippen LogP contribution in [0.5, 0.6) is 5.75 Å². The predicted octanol–water partition coefficient (Wildman–Crippen LogP) is 1.60. The van der Waals surface area contributed by atoms with Crippen molar-refractivity contribution in [2.24, 2.45) is 0 Å². The quantitative estimate of drug-likeness (QED) is 0.760. The Morgan fingerprint density at radius 1 is 1.44 bits per heavy atom. The maximum absolute atomic E-state index is 12.1. The number of rotatable bonds is 4. The number of benzene rings is 1. The molecule has 0 aromatic heterocycles. The first-order valence-corrected chi connectivity index (χ1v) is 6.20. The largest absolute Gasteiger partial charge is 0.497 e. The Kier molecular flexibility index (Phi) is 4.33. The molecule has 0 bridgehead atoms. The molecule has 1 fully saturated rings. The van der Waals surface area contributed by atoms with E-state index in [4.69, 9.17) is 9.47 Å². The molecule has 0 saturated carbocycles. The lowest BCUT2D eigenvalue weighted by Gasteiger charge is -2.32. The van der Waals surface area contributed by atoms with Gasteiger partial charge in [-0.1, -0.05) is 0 Å². The minimum absolute atomic E-state index is 0.145. The van der Waals surface area contributed by atoms with Gasteiger partial charge in [0.25, 0.3) is 0 Å². The van der Waals surface area contributed by atoms with Gasteiger partial charge >= 0.3 is 0 Å². The van der Waals surface area contributed by atoms with Crippen LogP contribution in [0.4, 0.5) is 0 Å². The van der Waals surface area contributed by atoms with Crippen molar-refractivity contribution in [1.29, 1.82) is 0 Å². The molecule has 0 spiro atoms. The van der Waals surface area contributed by atoms with Crippen LogP contribution in [-0.4, -0.2) is 50.1 Å². The van der Waals surface area contributed by atoms with Crippen LogP contribution in [0.2, 0.25) is 0 Å². The van der Waals surface area contributed by atoms with E-state index in [1.807, 2.05) is 24.3 Å². The van der Waals surface area contributed by atoms with E-state index < -0.39 is 0 Å². The van der Waals surface area contributed by atoms with Gasteiger partial charge in [-0.3, -0.25) is 9.69 Å². The van der Waals surface area contributed by atoms with Gasteiger partial charge in [-0.05, 0) is 31.2 Å². The van der Waals surface area contributed by atoms with E-state index in [1.54, 1.807) is 7.11 Å². The fourth-order valence-corrected chi connectivity index (χ4v) is 2.05. The Morgan fingerprint density at radius 3 is 2.78 bits per heavy atom. The van der Waals surface area contributed by atoms with E-state index in [0.29, 0.717) is 25.8 Å². The molecule has 1 aliphatic heterocycles. The molecular weight excluding hydrogens is 230 g/mol. The Bertz CT molecular complexity index is 402. The van der Waals surface area contributed by atoms with Crippen molar-refractivity contribution in [3.8, 4) is 5.75 Å².